The van der Waals surface area contributed by atoms with Gasteiger partial charge in [0.15, 0.2) is 11.2 Å². The van der Waals surface area contributed by atoms with Crippen molar-refractivity contribution in [2.75, 3.05) is 18.5 Å². The second-order valence-electron chi connectivity index (χ2n) is 9.14. The smallest absolute Gasteiger partial charge is 0.292 e. The van der Waals surface area contributed by atoms with Crippen LogP contribution in [0, 0.1) is 13.8 Å². The summed E-state index contributed by atoms with van der Waals surface area (Å²) in [5, 5.41) is 6.84. The maximum atomic E-state index is 13.2. The third kappa shape index (κ3) is 4.40. The Morgan fingerprint density at radius 1 is 1.09 bits per heavy atom. The van der Waals surface area contributed by atoms with E-state index < -0.39 is 5.91 Å². The number of carbonyl (C=O) groups is 2. The van der Waals surface area contributed by atoms with Crippen LogP contribution in [0.4, 0.5) is 5.00 Å². The normalized spacial score (nSPS) is 17.5. The van der Waals surface area contributed by atoms with E-state index >= 15 is 0 Å². The number of carbonyl (C=O) groups excluding carboxylic acids is 2. The van der Waals surface area contributed by atoms with Crippen LogP contribution in [0.3, 0.4) is 0 Å². The van der Waals surface area contributed by atoms with Gasteiger partial charge in [0.2, 0.25) is 0 Å². The van der Waals surface area contributed by atoms with Crippen molar-refractivity contribution in [1.29, 1.82) is 0 Å². The van der Waals surface area contributed by atoms with Crippen molar-refractivity contribution in [3.8, 4) is 0 Å². The van der Waals surface area contributed by atoms with Crippen LogP contribution >= 0.6 is 11.3 Å². The number of hydrogen-bond donors (Lipinski definition) is 2. The second-order valence-corrected chi connectivity index (χ2v) is 10.2. The van der Waals surface area contributed by atoms with Crippen LogP contribution in [0.25, 0.3) is 11.0 Å². The molecule has 0 saturated carbocycles. The van der Waals surface area contributed by atoms with Gasteiger partial charge in [-0.05, 0) is 75.1 Å². The molecule has 1 saturated heterocycles. The van der Waals surface area contributed by atoms with Gasteiger partial charge in [-0.3, -0.25) is 14.4 Å². The summed E-state index contributed by atoms with van der Waals surface area (Å²) in [4.78, 5) is 40.2. The summed E-state index contributed by atoms with van der Waals surface area (Å²) in [7, 11) is 0. The molecule has 2 aromatic heterocycles. The Morgan fingerprint density at radius 2 is 1.91 bits per heavy atom. The van der Waals surface area contributed by atoms with Gasteiger partial charge in [-0.1, -0.05) is 6.07 Å². The predicted octanol–water partition coefficient (Wildman–Crippen LogP) is 4.51. The van der Waals surface area contributed by atoms with E-state index in [2.05, 4.69) is 10.6 Å². The van der Waals surface area contributed by atoms with Crippen molar-refractivity contribution in [2.24, 2.45) is 0 Å². The van der Waals surface area contributed by atoms with E-state index in [-0.39, 0.29) is 23.2 Å². The number of rotatable bonds is 5. The summed E-state index contributed by atoms with van der Waals surface area (Å²) in [6.45, 7) is 4.95. The van der Waals surface area contributed by atoms with Crippen LogP contribution in [-0.4, -0.2) is 31.1 Å². The van der Waals surface area contributed by atoms with Gasteiger partial charge in [0.1, 0.15) is 10.6 Å². The summed E-state index contributed by atoms with van der Waals surface area (Å²) >= 11 is 1.44. The molecular formula is C26H28N2O5S. The molecule has 2 N–H and O–H groups in total. The average Bonchev–Trinajstić information content (AvgIpc) is 3.44. The van der Waals surface area contributed by atoms with Crippen LogP contribution in [0.1, 0.15) is 68.2 Å². The SMILES string of the molecule is Cc1cc(C)c2c(=O)cc(C(=O)Nc3sc4c(c3C(=O)NC[C@H]3CCCO3)CCCC4)oc2c1. The van der Waals surface area contributed by atoms with Crippen molar-refractivity contribution >= 4 is 39.1 Å². The van der Waals surface area contributed by atoms with Gasteiger partial charge in [-0.25, -0.2) is 0 Å². The molecule has 2 aliphatic rings. The molecule has 7 nitrogen and oxygen atoms in total. The molecule has 3 aromatic rings. The number of hydrogen-bond acceptors (Lipinski definition) is 6. The second kappa shape index (κ2) is 9.35. The molecule has 1 aromatic carbocycles. The Balaban J connectivity index is 1.44. The van der Waals surface area contributed by atoms with Crippen LogP contribution in [0.5, 0.6) is 0 Å². The van der Waals surface area contributed by atoms with E-state index in [1.807, 2.05) is 19.9 Å². The van der Waals surface area contributed by atoms with Crippen molar-refractivity contribution < 1.29 is 18.7 Å². The lowest BCUT2D eigenvalue weighted by atomic mass is 9.95. The van der Waals surface area contributed by atoms with E-state index in [0.29, 0.717) is 28.1 Å². The van der Waals surface area contributed by atoms with Crippen molar-refractivity contribution in [3.05, 3.63) is 61.3 Å². The minimum Gasteiger partial charge on any atom is -0.451 e. The number of thiophene rings is 1. The van der Waals surface area contributed by atoms with Gasteiger partial charge in [0, 0.05) is 24.1 Å². The molecule has 1 atom stereocenters. The van der Waals surface area contributed by atoms with Crippen molar-refractivity contribution in [2.45, 2.75) is 58.5 Å². The highest BCUT2D eigenvalue weighted by Crippen LogP contribution is 2.38. The maximum absolute atomic E-state index is 13.2. The van der Waals surface area contributed by atoms with E-state index in [1.165, 1.54) is 17.4 Å². The van der Waals surface area contributed by atoms with E-state index in [1.54, 1.807) is 6.07 Å². The topological polar surface area (TPSA) is 97.6 Å². The molecule has 0 spiro atoms. The lowest BCUT2D eigenvalue weighted by Crippen LogP contribution is -2.32. The predicted molar refractivity (Wildman–Crippen MR) is 132 cm³/mol. The maximum Gasteiger partial charge on any atom is 0.292 e. The molecule has 8 heteroatoms. The van der Waals surface area contributed by atoms with Crippen LogP contribution in [0.2, 0.25) is 0 Å². The number of benzene rings is 1. The summed E-state index contributed by atoms with van der Waals surface area (Å²) < 4.78 is 11.5. The van der Waals surface area contributed by atoms with E-state index in [4.69, 9.17) is 9.15 Å². The average molecular weight is 481 g/mol. The summed E-state index contributed by atoms with van der Waals surface area (Å²) in [6.07, 6.45) is 5.77. The molecule has 1 aliphatic carbocycles. The van der Waals surface area contributed by atoms with Crippen LogP contribution in [0.15, 0.2) is 27.4 Å². The Kier molecular flexibility index (Phi) is 6.27. The molecule has 0 radical (unpaired) electrons. The summed E-state index contributed by atoms with van der Waals surface area (Å²) in [5.41, 5.74) is 3.43. The summed E-state index contributed by atoms with van der Waals surface area (Å²) in [6, 6.07) is 4.90. The van der Waals surface area contributed by atoms with Crippen molar-refractivity contribution in [1.82, 2.24) is 5.32 Å². The Labute approximate surface area is 201 Å². The zero-order valence-electron chi connectivity index (χ0n) is 19.4. The highest BCUT2D eigenvalue weighted by Gasteiger charge is 2.28. The molecule has 5 rings (SSSR count). The molecule has 0 bridgehead atoms. The standard InChI is InChI=1S/C26H28N2O5S/c1-14-10-15(2)22-18(29)12-20(33-19(22)11-14)24(30)28-26-23(17-7-3-4-8-21(17)34-26)25(31)27-13-16-6-5-9-32-16/h10-12,16H,3-9,13H2,1-2H3,(H,27,31)(H,28,30)/t16-/m1/s1. The molecule has 2 amide bonds. The van der Waals surface area contributed by atoms with Crippen molar-refractivity contribution in [3.63, 3.8) is 0 Å². The number of fused-ring (bicyclic) bond motifs is 2. The third-order valence-electron chi connectivity index (χ3n) is 6.54. The van der Waals surface area contributed by atoms with Crippen LogP contribution < -0.4 is 16.1 Å². The Morgan fingerprint density at radius 3 is 2.71 bits per heavy atom. The number of ether oxygens (including phenoxy) is 1. The first kappa shape index (κ1) is 22.8. The molecule has 1 fully saturated rings. The van der Waals surface area contributed by atoms with E-state index in [9.17, 15) is 14.4 Å². The first-order valence-electron chi connectivity index (χ1n) is 11.8. The van der Waals surface area contributed by atoms with E-state index in [0.717, 1.165) is 66.7 Å². The first-order valence-corrected chi connectivity index (χ1v) is 12.6. The number of amides is 2. The number of anilines is 1. The quantitative estimate of drug-likeness (QED) is 0.560. The summed E-state index contributed by atoms with van der Waals surface area (Å²) in [5.74, 6) is -0.805. The highest BCUT2D eigenvalue weighted by atomic mass is 32.1. The number of aryl methyl sites for hydroxylation is 3. The minimum absolute atomic E-state index is 0.0373. The molecule has 178 valence electrons. The van der Waals surface area contributed by atoms with Gasteiger partial charge >= 0.3 is 0 Å². The minimum atomic E-state index is -0.537. The molecular weight excluding hydrogens is 452 g/mol. The van der Waals surface area contributed by atoms with Crippen LogP contribution in [-0.2, 0) is 17.6 Å². The van der Waals surface area contributed by atoms with Gasteiger partial charge in [0.25, 0.3) is 11.8 Å². The molecule has 3 heterocycles. The molecule has 34 heavy (non-hydrogen) atoms. The van der Waals surface area contributed by atoms with Gasteiger partial charge < -0.3 is 19.8 Å². The lowest BCUT2D eigenvalue weighted by Gasteiger charge is -2.15. The largest absolute Gasteiger partial charge is 0.451 e. The van der Waals surface area contributed by atoms with Gasteiger partial charge in [-0.15, -0.1) is 11.3 Å². The van der Waals surface area contributed by atoms with Gasteiger partial charge in [0.05, 0.1) is 17.1 Å². The molecule has 1 aliphatic heterocycles. The zero-order valence-corrected chi connectivity index (χ0v) is 20.2. The Hall–Kier alpha value is -2.97. The highest BCUT2D eigenvalue weighted by molar-refractivity contribution is 7.17. The zero-order chi connectivity index (χ0) is 23.8. The first-order chi connectivity index (χ1) is 16.4. The molecule has 0 unspecified atom stereocenters. The Bertz CT molecular complexity index is 1330. The monoisotopic (exact) mass is 480 g/mol. The fourth-order valence-electron chi connectivity index (χ4n) is 4.94. The fourth-order valence-corrected chi connectivity index (χ4v) is 6.22. The lowest BCUT2D eigenvalue weighted by molar-refractivity contribution is 0.0858. The van der Waals surface area contributed by atoms with Gasteiger partial charge in [-0.2, -0.15) is 0 Å². The third-order valence-corrected chi connectivity index (χ3v) is 7.74. The fraction of sp³-hybridized carbons (Fsp3) is 0.423. The number of nitrogens with one attached hydrogen (secondary N) is 2.